The molecule has 0 amide bonds. The van der Waals surface area contributed by atoms with Crippen LogP contribution in [-0.4, -0.2) is 6.04 Å². The summed E-state index contributed by atoms with van der Waals surface area (Å²) >= 11 is 3.09. The minimum absolute atomic E-state index is 0.384. The van der Waals surface area contributed by atoms with Crippen LogP contribution < -0.4 is 5.73 Å². The number of hydrogen-bond donors (Lipinski definition) is 2. The molecule has 0 radical (unpaired) electrons. The summed E-state index contributed by atoms with van der Waals surface area (Å²) < 4.78 is 0. The Balaban J connectivity index is 0. The third-order valence-electron chi connectivity index (χ3n) is 0.644. The maximum absolute atomic E-state index is 7.18. The maximum Gasteiger partial charge on any atom is 0.130 e. The lowest BCUT2D eigenvalue weighted by Gasteiger charge is -1.91. The third kappa shape index (κ3) is 41.2. The van der Waals surface area contributed by atoms with Crippen LogP contribution in [0.25, 0.3) is 0 Å². The van der Waals surface area contributed by atoms with Crippen molar-refractivity contribution in [3.05, 3.63) is 0 Å². The lowest BCUT2D eigenvalue weighted by atomic mass is 10.3. The van der Waals surface area contributed by atoms with Crippen LogP contribution in [0.3, 0.4) is 0 Å². The third-order valence-corrected chi connectivity index (χ3v) is 0.644. The lowest BCUT2D eigenvalue weighted by Crippen LogP contribution is -2.11. The highest BCUT2D eigenvalue weighted by Crippen LogP contribution is 1.77. The van der Waals surface area contributed by atoms with Gasteiger partial charge in [-0.3, -0.25) is 0 Å². The van der Waals surface area contributed by atoms with E-state index in [9.17, 15) is 0 Å². The zero-order valence-corrected chi connectivity index (χ0v) is 6.15. The van der Waals surface area contributed by atoms with Crippen LogP contribution in [0.4, 0.5) is 0 Å². The molecule has 0 rings (SSSR count). The molecule has 0 saturated carbocycles. The molecule has 1 unspecified atom stereocenters. The molecule has 0 bridgehead atoms. The number of thiocyanates is 1. The molecule has 0 heterocycles. The summed E-state index contributed by atoms with van der Waals surface area (Å²) in [7, 11) is 0. The molecule has 1 atom stereocenters. The molecule has 0 aliphatic carbocycles. The Morgan fingerprint density at radius 3 is 2.00 bits per heavy atom. The lowest BCUT2D eigenvalue weighted by molar-refractivity contribution is 0.715. The number of nitrogens with zero attached hydrogens (tertiary/aromatic N) is 1. The van der Waals surface area contributed by atoms with E-state index in [1.165, 1.54) is 5.40 Å². The van der Waals surface area contributed by atoms with Gasteiger partial charge in [-0.1, -0.05) is 19.6 Å². The normalized spacial score (nSPS) is 10.4. The van der Waals surface area contributed by atoms with Crippen LogP contribution in [0.2, 0.25) is 0 Å². The van der Waals surface area contributed by atoms with Gasteiger partial charge in [0.1, 0.15) is 5.40 Å². The van der Waals surface area contributed by atoms with Crippen LogP contribution in [0.1, 0.15) is 20.3 Å². The van der Waals surface area contributed by atoms with Gasteiger partial charge >= 0.3 is 0 Å². The summed E-state index contributed by atoms with van der Waals surface area (Å²) in [4.78, 5) is 0. The van der Waals surface area contributed by atoms with Crippen LogP contribution in [-0.2, 0) is 0 Å². The van der Waals surface area contributed by atoms with Gasteiger partial charge in [0, 0.05) is 6.04 Å². The molecule has 0 aliphatic rings. The molecule has 0 saturated heterocycles. The van der Waals surface area contributed by atoms with E-state index in [0.717, 1.165) is 6.42 Å². The van der Waals surface area contributed by atoms with E-state index in [1.54, 1.807) is 0 Å². The Bertz CT molecular complexity index is 65.3. The van der Waals surface area contributed by atoms with E-state index in [4.69, 9.17) is 11.0 Å². The first-order valence-electron chi connectivity index (χ1n) is 2.47. The molecule has 2 nitrogen and oxygen atoms in total. The van der Waals surface area contributed by atoms with Crippen molar-refractivity contribution in [2.24, 2.45) is 5.73 Å². The SMILES string of the molecule is CCC(C)N.N#CS. The van der Waals surface area contributed by atoms with Crippen molar-refractivity contribution in [1.29, 1.82) is 5.26 Å². The molecule has 48 valence electrons. The van der Waals surface area contributed by atoms with Gasteiger partial charge in [-0.25, -0.2) is 0 Å². The number of nitriles is 1. The Morgan fingerprint density at radius 2 is 2.00 bits per heavy atom. The monoisotopic (exact) mass is 132 g/mol. The van der Waals surface area contributed by atoms with E-state index in [2.05, 4.69) is 19.6 Å². The van der Waals surface area contributed by atoms with Crippen molar-refractivity contribution in [1.82, 2.24) is 0 Å². The summed E-state index contributed by atoms with van der Waals surface area (Å²) in [5.74, 6) is 0. The quantitative estimate of drug-likeness (QED) is 0.415. The fraction of sp³-hybridized carbons (Fsp3) is 0.800. The van der Waals surface area contributed by atoms with Crippen LogP contribution in [0.15, 0.2) is 0 Å². The maximum atomic E-state index is 7.18. The van der Waals surface area contributed by atoms with E-state index in [0.29, 0.717) is 6.04 Å². The fourth-order valence-electron chi connectivity index (χ4n) is 0. The average molecular weight is 132 g/mol. The van der Waals surface area contributed by atoms with Crippen LogP contribution >= 0.6 is 12.6 Å². The van der Waals surface area contributed by atoms with Gasteiger partial charge in [-0.15, -0.1) is 0 Å². The van der Waals surface area contributed by atoms with E-state index >= 15 is 0 Å². The predicted octanol–water partition coefficient (Wildman–Crippen LogP) is 1.14. The summed E-state index contributed by atoms with van der Waals surface area (Å²) in [5.41, 5.74) is 5.29. The van der Waals surface area contributed by atoms with Gasteiger partial charge in [0.15, 0.2) is 0 Å². The number of nitrogens with two attached hydrogens (primary N) is 1. The fourth-order valence-corrected chi connectivity index (χ4v) is 0. The van der Waals surface area contributed by atoms with Gasteiger partial charge in [-0.05, 0) is 13.3 Å². The molecule has 0 spiro atoms. The first kappa shape index (κ1) is 10.7. The van der Waals surface area contributed by atoms with Crippen LogP contribution in [0, 0.1) is 10.7 Å². The molecule has 2 N–H and O–H groups in total. The van der Waals surface area contributed by atoms with Gasteiger partial charge in [0.05, 0.1) is 0 Å². The van der Waals surface area contributed by atoms with Crippen molar-refractivity contribution in [2.75, 3.05) is 0 Å². The largest absolute Gasteiger partial charge is 0.328 e. The minimum atomic E-state index is 0.384. The highest BCUT2D eigenvalue weighted by atomic mass is 32.1. The second-order valence-electron chi connectivity index (χ2n) is 1.49. The minimum Gasteiger partial charge on any atom is -0.328 e. The van der Waals surface area contributed by atoms with E-state index in [1.807, 2.05) is 6.92 Å². The van der Waals surface area contributed by atoms with Crippen LogP contribution in [0.5, 0.6) is 0 Å². The Kier molecular flexibility index (Phi) is 13.3. The van der Waals surface area contributed by atoms with Crippen molar-refractivity contribution >= 4 is 12.6 Å². The zero-order valence-electron chi connectivity index (χ0n) is 5.26. The predicted molar refractivity (Wildman–Crippen MR) is 38.5 cm³/mol. The first-order valence-corrected chi connectivity index (χ1v) is 2.92. The molecule has 8 heavy (non-hydrogen) atoms. The second kappa shape index (κ2) is 9.93. The molecule has 0 fully saturated rings. The first-order chi connectivity index (χ1) is 3.68. The molecule has 3 heteroatoms. The highest BCUT2D eigenvalue weighted by molar-refractivity contribution is 7.85. The second-order valence-corrected chi connectivity index (χ2v) is 1.69. The van der Waals surface area contributed by atoms with Crippen molar-refractivity contribution < 1.29 is 0 Å². The summed E-state index contributed by atoms with van der Waals surface area (Å²) in [6.07, 6.45) is 1.08. The Hall–Kier alpha value is -0.200. The number of thiol groups is 1. The molecule has 0 aliphatic heterocycles. The summed E-state index contributed by atoms with van der Waals surface area (Å²) in [5, 5.41) is 8.63. The van der Waals surface area contributed by atoms with Crippen molar-refractivity contribution in [2.45, 2.75) is 26.3 Å². The van der Waals surface area contributed by atoms with E-state index in [-0.39, 0.29) is 0 Å². The van der Waals surface area contributed by atoms with Gasteiger partial charge in [0.2, 0.25) is 0 Å². The standard InChI is InChI=1S/C4H11N.CHNS/c1-3-4(2)5;2-1-3/h4H,3,5H2,1-2H3;3H. The summed E-state index contributed by atoms with van der Waals surface area (Å²) in [6, 6.07) is 0.384. The molecular formula is C5H12N2S. The highest BCUT2D eigenvalue weighted by Gasteiger charge is 1.79. The van der Waals surface area contributed by atoms with Gasteiger partial charge in [-0.2, -0.15) is 5.26 Å². The average Bonchev–Trinajstić information content (AvgIpc) is 1.69. The summed E-state index contributed by atoms with van der Waals surface area (Å²) in [6.45, 7) is 4.07. The van der Waals surface area contributed by atoms with Gasteiger partial charge < -0.3 is 5.73 Å². The molecular weight excluding hydrogens is 120 g/mol. The van der Waals surface area contributed by atoms with Crippen molar-refractivity contribution in [3.8, 4) is 5.40 Å². The number of rotatable bonds is 1. The Morgan fingerprint density at radius 1 is 1.88 bits per heavy atom. The van der Waals surface area contributed by atoms with Gasteiger partial charge in [0.25, 0.3) is 0 Å². The molecule has 0 aromatic heterocycles. The number of hydrogen-bond acceptors (Lipinski definition) is 3. The van der Waals surface area contributed by atoms with E-state index < -0.39 is 0 Å². The zero-order chi connectivity index (χ0) is 6.99. The topological polar surface area (TPSA) is 49.8 Å². The molecule has 0 aromatic rings. The molecule has 0 aromatic carbocycles. The smallest absolute Gasteiger partial charge is 0.130 e. The Labute approximate surface area is 56.1 Å². The van der Waals surface area contributed by atoms with Crippen molar-refractivity contribution in [3.63, 3.8) is 0 Å².